The van der Waals surface area contributed by atoms with Crippen LogP contribution in [0.5, 0.6) is 5.75 Å². The molecule has 0 aliphatic heterocycles. The Hall–Kier alpha value is -1.58. The molecule has 0 saturated heterocycles. The minimum absolute atomic E-state index is 0.0727. The molecule has 102 valence electrons. The molecule has 19 heavy (non-hydrogen) atoms. The third-order valence-electron chi connectivity index (χ3n) is 4.60. The second-order valence-corrected chi connectivity index (χ2v) is 5.59. The number of pyridine rings is 1. The highest BCUT2D eigenvalue weighted by Gasteiger charge is 2.39. The molecule has 1 amide bonds. The molecule has 1 aromatic rings. The molecule has 3 atom stereocenters. The average Bonchev–Trinajstić information content (AvgIpc) is 3.04. The highest BCUT2D eigenvalue weighted by molar-refractivity contribution is 5.92. The summed E-state index contributed by atoms with van der Waals surface area (Å²) in [6.45, 7) is 0. The van der Waals surface area contributed by atoms with Gasteiger partial charge in [-0.15, -0.1) is 0 Å². The summed E-state index contributed by atoms with van der Waals surface area (Å²) in [5.41, 5.74) is 0.445. The maximum absolute atomic E-state index is 12.2. The van der Waals surface area contributed by atoms with E-state index < -0.39 is 0 Å². The zero-order valence-electron chi connectivity index (χ0n) is 11.3. The number of rotatable bonds is 3. The molecule has 0 radical (unpaired) electrons. The monoisotopic (exact) mass is 260 g/mol. The highest BCUT2D eigenvalue weighted by Crippen LogP contribution is 2.43. The zero-order valence-corrected chi connectivity index (χ0v) is 11.3. The van der Waals surface area contributed by atoms with Crippen molar-refractivity contribution in [3.8, 4) is 5.75 Å². The topological polar surface area (TPSA) is 51.2 Å². The molecule has 2 fully saturated rings. The number of carbonyl (C=O) groups excluding carboxylic acids is 1. The van der Waals surface area contributed by atoms with Crippen LogP contribution in [0.15, 0.2) is 18.3 Å². The summed E-state index contributed by atoms with van der Waals surface area (Å²) in [6.07, 6.45) is 7.92. The van der Waals surface area contributed by atoms with E-state index in [1.165, 1.54) is 25.7 Å². The average molecular weight is 260 g/mol. The van der Waals surface area contributed by atoms with Crippen molar-refractivity contribution in [3.05, 3.63) is 24.0 Å². The van der Waals surface area contributed by atoms with Gasteiger partial charge >= 0.3 is 0 Å². The number of hydrogen-bond acceptors (Lipinski definition) is 3. The molecule has 3 rings (SSSR count). The first kappa shape index (κ1) is 12.5. The van der Waals surface area contributed by atoms with Gasteiger partial charge in [-0.25, -0.2) is 0 Å². The van der Waals surface area contributed by atoms with Crippen molar-refractivity contribution in [2.75, 3.05) is 7.11 Å². The van der Waals surface area contributed by atoms with Crippen molar-refractivity contribution in [3.63, 3.8) is 0 Å². The second kappa shape index (κ2) is 5.19. The van der Waals surface area contributed by atoms with Crippen LogP contribution in [0, 0.1) is 11.8 Å². The van der Waals surface area contributed by atoms with E-state index in [1.54, 1.807) is 25.4 Å². The Morgan fingerprint density at radius 3 is 3.11 bits per heavy atom. The lowest BCUT2D eigenvalue weighted by Crippen LogP contribution is -2.38. The summed E-state index contributed by atoms with van der Waals surface area (Å²) in [5, 5.41) is 3.16. The molecule has 2 aliphatic carbocycles. The fraction of sp³-hybridized carbons (Fsp3) is 0.600. The van der Waals surface area contributed by atoms with Gasteiger partial charge in [0.2, 0.25) is 0 Å². The van der Waals surface area contributed by atoms with E-state index in [0.717, 1.165) is 12.3 Å². The third-order valence-corrected chi connectivity index (χ3v) is 4.60. The quantitative estimate of drug-likeness (QED) is 0.908. The predicted octanol–water partition coefficient (Wildman–Crippen LogP) is 2.40. The number of nitrogens with zero attached hydrogens (tertiary/aromatic N) is 1. The van der Waals surface area contributed by atoms with Crippen molar-refractivity contribution in [1.82, 2.24) is 10.3 Å². The molecule has 0 spiro atoms. The Morgan fingerprint density at radius 1 is 1.37 bits per heavy atom. The van der Waals surface area contributed by atoms with Gasteiger partial charge in [0, 0.05) is 18.3 Å². The first-order chi connectivity index (χ1) is 9.28. The first-order valence-electron chi connectivity index (χ1n) is 7.09. The van der Waals surface area contributed by atoms with Gasteiger partial charge in [-0.3, -0.25) is 9.78 Å². The lowest BCUT2D eigenvalue weighted by atomic mass is 9.97. The Bertz CT molecular complexity index is 475. The van der Waals surface area contributed by atoms with Crippen LogP contribution in [0.2, 0.25) is 0 Å². The van der Waals surface area contributed by atoms with Gasteiger partial charge < -0.3 is 10.1 Å². The number of fused-ring (bicyclic) bond motifs is 1. The number of carbonyl (C=O) groups is 1. The molecular formula is C15H20N2O2. The van der Waals surface area contributed by atoms with Crippen molar-refractivity contribution >= 4 is 5.91 Å². The number of methoxy groups -OCH3 is 1. The normalized spacial score (nSPS) is 29.0. The molecule has 4 nitrogen and oxygen atoms in total. The Balaban J connectivity index is 1.67. The Morgan fingerprint density at radius 2 is 2.26 bits per heavy atom. The van der Waals surface area contributed by atoms with Gasteiger partial charge in [-0.05, 0) is 37.2 Å². The molecule has 2 aliphatic rings. The van der Waals surface area contributed by atoms with E-state index in [-0.39, 0.29) is 5.91 Å². The summed E-state index contributed by atoms with van der Waals surface area (Å²) in [7, 11) is 1.59. The van der Waals surface area contributed by atoms with Crippen molar-refractivity contribution in [2.45, 2.75) is 38.1 Å². The van der Waals surface area contributed by atoms with E-state index >= 15 is 0 Å². The standard InChI is InChI=1S/C15H20N2O2/c1-19-11-7-8-16-14(9-11)15(18)17-13-6-5-10-3-2-4-12(10)13/h7-10,12-13H,2-6H2,1H3,(H,17,18)/t10-,12-,13-/m1/s1. The molecule has 4 heteroatoms. The van der Waals surface area contributed by atoms with E-state index in [2.05, 4.69) is 10.3 Å². The molecule has 0 aromatic carbocycles. The molecule has 2 saturated carbocycles. The predicted molar refractivity (Wildman–Crippen MR) is 72.1 cm³/mol. The smallest absolute Gasteiger partial charge is 0.270 e. The van der Waals surface area contributed by atoms with Gasteiger partial charge in [0.1, 0.15) is 11.4 Å². The third kappa shape index (κ3) is 2.44. The summed E-state index contributed by atoms with van der Waals surface area (Å²) in [6, 6.07) is 3.78. The molecular weight excluding hydrogens is 240 g/mol. The Labute approximate surface area is 113 Å². The van der Waals surface area contributed by atoms with E-state index in [9.17, 15) is 4.79 Å². The number of amides is 1. The van der Waals surface area contributed by atoms with Crippen molar-refractivity contribution < 1.29 is 9.53 Å². The minimum atomic E-state index is -0.0727. The summed E-state index contributed by atoms with van der Waals surface area (Å²) < 4.78 is 5.12. The Kier molecular flexibility index (Phi) is 3.40. The molecule has 1 N–H and O–H groups in total. The van der Waals surface area contributed by atoms with Gasteiger partial charge in [0.25, 0.3) is 5.91 Å². The van der Waals surface area contributed by atoms with E-state index in [1.807, 2.05) is 0 Å². The number of nitrogens with one attached hydrogen (secondary N) is 1. The maximum atomic E-state index is 12.2. The fourth-order valence-electron chi connectivity index (χ4n) is 3.65. The van der Waals surface area contributed by atoms with E-state index in [4.69, 9.17) is 4.74 Å². The van der Waals surface area contributed by atoms with Crippen molar-refractivity contribution in [2.24, 2.45) is 11.8 Å². The van der Waals surface area contributed by atoms with Crippen LogP contribution in [0.25, 0.3) is 0 Å². The minimum Gasteiger partial charge on any atom is -0.497 e. The van der Waals surface area contributed by atoms with Crippen LogP contribution >= 0.6 is 0 Å². The van der Waals surface area contributed by atoms with Gasteiger partial charge in [0.05, 0.1) is 7.11 Å². The fourth-order valence-corrected chi connectivity index (χ4v) is 3.65. The van der Waals surface area contributed by atoms with Crippen LogP contribution in [0.4, 0.5) is 0 Å². The van der Waals surface area contributed by atoms with E-state index in [0.29, 0.717) is 23.4 Å². The number of hydrogen-bond donors (Lipinski definition) is 1. The lowest BCUT2D eigenvalue weighted by Gasteiger charge is -2.19. The molecule has 0 unspecified atom stereocenters. The van der Waals surface area contributed by atoms with Gasteiger partial charge in [0.15, 0.2) is 0 Å². The molecule has 1 heterocycles. The SMILES string of the molecule is COc1ccnc(C(=O)N[C@@H]2CC[C@H]3CCC[C@H]32)c1. The summed E-state index contributed by atoms with van der Waals surface area (Å²) in [5.74, 6) is 2.12. The summed E-state index contributed by atoms with van der Waals surface area (Å²) >= 11 is 0. The first-order valence-corrected chi connectivity index (χ1v) is 7.09. The second-order valence-electron chi connectivity index (χ2n) is 5.59. The summed E-state index contributed by atoms with van der Waals surface area (Å²) in [4.78, 5) is 16.4. The highest BCUT2D eigenvalue weighted by atomic mass is 16.5. The van der Waals surface area contributed by atoms with Crippen LogP contribution in [0.1, 0.15) is 42.6 Å². The largest absolute Gasteiger partial charge is 0.497 e. The zero-order chi connectivity index (χ0) is 13.2. The van der Waals surface area contributed by atoms with Crippen LogP contribution in [-0.4, -0.2) is 24.0 Å². The molecule has 0 bridgehead atoms. The van der Waals surface area contributed by atoms with Crippen LogP contribution < -0.4 is 10.1 Å². The maximum Gasteiger partial charge on any atom is 0.270 e. The number of aromatic nitrogens is 1. The van der Waals surface area contributed by atoms with Crippen LogP contribution in [0.3, 0.4) is 0 Å². The lowest BCUT2D eigenvalue weighted by molar-refractivity contribution is 0.0921. The van der Waals surface area contributed by atoms with Crippen LogP contribution in [-0.2, 0) is 0 Å². The van der Waals surface area contributed by atoms with Gasteiger partial charge in [-0.1, -0.05) is 12.8 Å². The van der Waals surface area contributed by atoms with Crippen molar-refractivity contribution in [1.29, 1.82) is 0 Å². The number of ether oxygens (including phenoxy) is 1. The van der Waals surface area contributed by atoms with Gasteiger partial charge in [-0.2, -0.15) is 0 Å². The molecule has 1 aromatic heterocycles.